The van der Waals surface area contributed by atoms with E-state index in [1.165, 1.54) is 12.1 Å². The zero-order chi connectivity index (χ0) is 15.3. The van der Waals surface area contributed by atoms with Gasteiger partial charge in [-0.25, -0.2) is 17.6 Å². The van der Waals surface area contributed by atoms with Crippen LogP contribution in [0.4, 0.5) is 17.6 Å². The zero-order valence-corrected chi connectivity index (χ0v) is 12.2. The van der Waals surface area contributed by atoms with Gasteiger partial charge >= 0.3 is 0 Å². The van der Waals surface area contributed by atoms with Gasteiger partial charge in [-0.3, -0.25) is 0 Å². The smallest absolute Gasteiger partial charge is 0.207 e. The second-order valence-electron chi connectivity index (χ2n) is 6.47. The molecule has 1 aliphatic carbocycles. The van der Waals surface area contributed by atoms with Crippen LogP contribution in [-0.2, 0) is 5.41 Å². The lowest BCUT2D eigenvalue weighted by Gasteiger charge is -2.19. The number of benzene rings is 1. The molecule has 1 aromatic carbocycles. The molecule has 0 aliphatic heterocycles. The third kappa shape index (κ3) is 2.70. The summed E-state index contributed by atoms with van der Waals surface area (Å²) in [6.45, 7) is 6.47. The first kappa shape index (κ1) is 15.3. The normalized spacial score (nSPS) is 26.4. The highest BCUT2D eigenvalue weighted by atomic mass is 19.3. The highest BCUT2D eigenvalue weighted by Gasteiger charge is 2.61. The first-order chi connectivity index (χ1) is 9.05. The van der Waals surface area contributed by atoms with Gasteiger partial charge in [-0.2, -0.15) is 0 Å². The highest BCUT2D eigenvalue weighted by Crippen LogP contribution is 2.60. The fourth-order valence-corrected chi connectivity index (χ4v) is 2.89. The van der Waals surface area contributed by atoms with E-state index in [4.69, 9.17) is 0 Å². The monoisotopic (exact) mass is 288 g/mol. The van der Waals surface area contributed by atoms with Gasteiger partial charge in [0, 0.05) is 16.9 Å². The summed E-state index contributed by atoms with van der Waals surface area (Å²) in [4.78, 5) is 0. The molecule has 0 nitrogen and oxygen atoms in total. The zero-order valence-electron chi connectivity index (χ0n) is 12.2. The lowest BCUT2D eigenvalue weighted by atomic mass is 9.88. The molecule has 112 valence electrons. The van der Waals surface area contributed by atoms with E-state index >= 15 is 0 Å². The van der Waals surface area contributed by atoms with Gasteiger partial charge in [-0.15, -0.1) is 0 Å². The van der Waals surface area contributed by atoms with Gasteiger partial charge in [-0.05, 0) is 42.5 Å². The standard InChI is InChI=1S/C16H20F4/c1-9(2)10-5-11(14(17)18)7-12(6-10)15(3)8-13(15)16(4,19)20/h5-7,9,13-14H,8H2,1-4H3. The Labute approximate surface area is 117 Å². The second-order valence-corrected chi connectivity index (χ2v) is 6.47. The lowest BCUT2D eigenvalue weighted by molar-refractivity contribution is -0.00905. The molecule has 0 spiro atoms. The summed E-state index contributed by atoms with van der Waals surface area (Å²) in [7, 11) is 0. The van der Waals surface area contributed by atoms with Crippen LogP contribution in [-0.4, -0.2) is 5.92 Å². The molecule has 0 bridgehead atoms. The molecule has 0 amide bonds. The maximum absolute atomic E-state index is 13.5. The van der Waals surface area contributed by atoms with Crippen molar-refractivity contribution in [1.82, 2.24) is 0 Å². The third-order valence-corrected chi connectivity index (χ3v) is 4.40. The molecule has 0 heterocycles. The largest absolute Gasteiger partial charge is 0.263 e. The van der Waals surface area contributed by atoms with Crippen molar-refractivity contribution in [2.45, 2.75) is 57.8 Å². The number of hydrogen-bond acceptors (Lipinski definition) is 0. The SMILES string of the molecule is CC(C)c1cc(C(F)F)cc(C2(C)CC2C(C)(F)F)c1. The van der Waals surface area contributed by atoms with Crippen LogP contribution in [0.15, 0.2) is 18.2 Å². The van der Waals surface area contributed by atoms with E-state index < -0.39 is 23.7 Å². The van der Waals surface area contributed by atoms with Crippen LogP contribution in [0.25, 0.3) is 0 Å². The van der Waals surface area contributed by atoms with Crippen LogP contribution >= 0.6 is 0 Å². The molecule has 4 heteroatoms. The lowest BCUT2D eigenvalue weighted by Crippen LogP contribution is -2.20. The maximum Gasteiger partial charge on any atom is 0.263 e. The first-order valence-electron chi connectivity index (χ1n) is 6.87. The van der Waals surface area contributed by atoms with Crippen molar-refractivity contribution < 1.29 is 17.6 Å². The van der Waals surface area contributed by atoms with E-state index in [9.17, 15) is 17.6 Å². The summed E-state index contributed by atoms with van der Waals surface area (Å²) in [6.07, 6.45) is -2.23. The Morgan fingerprint density at radius 3 is 2.10 bits per heavy atom. The van der Waals surface area contributed by atoms with Crippen molar-refractivity contribution in [3.8, 4) is 0 Å². The Kier molecular flexibility index (Phi) is 3.64. The number of rotatable bonds is 4. The van der Waals surface area contributed by atoms with Gasteiger partial charge in [0.15, 0.2) is 0 Å². The van der Waals surface area contributed by atoms with E-state index in [0.717, 1.165) is 12.5 Å². The topological polar surface area (TPSA) is 0 Å². The van der Waals surface area contributed by atoms with Gasteiger partial charge in [0.2, 0.25) is 5.92 Å². The maximum atomic E-state index is 13.5. The van der Waals surface area contributed by atoms with Gasteiger partial charge in [0.05, 0.1) is 0 Å². The van der Waals surface area contributed by atoms with Crippen molar-refractivity contribution in [3.05, 3.63) is 34.9 Å². The quantitative estimate of drug-likeness (QED) is 0.625. The number of halogens is 4. The van der Waals surface area contributed by atoms with Gasteiger partial charge in [0.25, 0.3) is 6.43 Å². The molecule has 0 radical (unpaired) electrons. The van der Waals surface area contributed by atoms with Crippen LogP contribution in [0.5, 0.6) is 0 Å². The highest BCUT2D eigenvalue weighted by molar-refractivity contribution is 5.41. The fraction of sp³-hybridized carbons (Fsp3) is 0.625. The van der Waals surface area contributed by atoms with Gasteiger partial charge < -0.3 is 0 Å². The minimum atomic E-state index is -2.77. The van der Waals surface area contributed by atoms with E-state index in [-0.39, 0.29) is 11.5 Å². The van der Waals surface area contributed by atoms with Crippen LogP contribution in [0.2, 0.25) is 0 Å². The third-order valence-electron chi connectivity index (χ3n) is 4.40. The molecule has 1 aromatic rings. The van der Waals surface area contributed by atoms with Crippen LogP contribution in [0.1, 0.15) is 63.1 Å². The molecule has 1 fully saturated rings. The summed E-state index contributed by atoms with van der Waals surface area (Å²) < 4.78 is 52.9. The molecule has 0 saturated heterocycles. The van der Waals surface area contributed by atoms with Crippen molar-refractivity contribution in [2.24, 2.45) is 5.92 Å². The van der Waals surface area contributed by atoms with Crippen LogP contribution < -0.4 is 0 Å². The van der Waals surface area contributed by atoms with E-state index in [0.29, 0.717) is 12.0 Å². The fourth-order valence-electron chi connectivity index (χ4n) is 2.89. The predicted octanol–water partition coefficient (Wildman–Crippen LogP) is 5.68. The van der Waals surface area contributed by atoms with Gasteiger partial charge in [-0.1, -0.05) is 26.8 Å². The summed E-state index contributed by atoms with van der Waals surface area (Å²) >= 11 is 0. The van der Waals surface area contributed by atoms with E-state index in [1.807, 2.05) is 19.9 Å². The molecule has 2 rings (SSSR count). The first-order valence-corrected chi connectivity index (χ1v) is 6.87. The van der Waals surface area contributed by atoms with Crippen molar-refractivity contribution in [3.63, 3.8) is 0 Å². The summed E-state index contributed by atoms with van der Waals surface area (Å²) in [5.41, 5.74) is 0.638. The molecule has 1 saturated carbocycles. The summed E-state index contributed by atoms with van der Waals surface area (Å²) in [5.74, 6) is -3.44. The molecule has 2 unspecified atom stereocenters. The summed E-state index contributed by atoms with van der Waals surface area (Å²) in [5, 5.41) is 0. The Bertz CT molecular complexity index is 475. The average Bonchev–Trinajstić information content (AvgIpc) is 3.02. The Morgan fingerprint density at radius 2 is 1.70 bits per heavy atom. The van der Waals surface area contributed by atoms with E-state index in [2.05, 4.69) is 0 Å². The van der Waals surface area contributed by atoms with E-state index in [1.54, 1.807) is 6.92 Å². The Morgan fingerprint density at radius 1 is 1.15 bits per heavy atom. The van der Waals surface area contributed by atoms with Crippen LogP contribution in [0, 0.1) is 5.92 Å². The van der Waals surface area contributed by atoms with Crippen molar-refractivity contribution in [1.29, 1.82) is 0 Å². The summed E-state index contributed by atoms with van der Waals surface area (Å²) in [6, 6.07) is 4.67. The van der Waals surface area contributed by atoms with Crippen LogP contribution in [0.3, 0.4) is 0 Å². The molecule has 0 N–H and O–H groups in total. The molecular weight excluding hydrogens is 268 g/mol. The van der Waals surface area contributed by atoms with Gasteiger partial charge in [0.1, 0.15) is 0 Å². The van der Waals surface area contributed by atoms with Crippen molar-refractivity contribution in [2.75, 3.05) is 0 Å². The molecular formula is C16H20F4. The molecule has 2 atom stereocenters. The minimum Gasteiger partial charge on any atom is -0.207 e. The average molecular weight is 288 g/mol. The second kappa shape index (κ2) is 4.74. The Balaban J connectivity index is 2.43. The Hall–Kier alpha value is -1.06. The molecule has 0 aromatic heterocycles. The molecule has 20 heavy (non-hydrogen) atoms. The predicted molar refractivity (Wildman–Crippen MR) is 71.6 cm³/mol. The number of alkyl halides is 4. The van der Waals surface area contributed by atoms with Crippen molar-refractivity contribution >= 4 is 0 Å². The number of hydrogen-bond donors (Lipinski definition) is 0. The minimum absolute atomic E-state index is 0.0718. The molecule has 1 aliphatic rings.